The number of hydrogen-bond acceptors (Lipinski definition) is 7. The van der Waals surface area contributed by atoms with Crippen LogP contribution in [0.2, 0.25) is 0 Å². The van der Waals surface area contributed by atoms with Crippen LogP contribution >= 0.6 is 0 Å². The molecular weight excluding hydrogens is 420 g/mol. The smallest absolute Gasteiger partial charge is 0.343 e. The molecule has 0 saturated carbocycles. The van der Waals surface area contributed by atoms with Gasteiger partial charge >= 0.3 is 5.97 Å². The van der Waals surface area contributed by atoms with Crippen molar-refractivity contribution in [2.45, 2.75) is 4.90 Å². The summed E-state index contributed by atoms with van der Waals surface area (Å²) in [5.74, 6) is 0.483. The number of esters is 1. The molecule has 0 heterocycles. The van der Waals surface area contributed by atoms with Crippen LogP contribution in [0, 0.1) is 0 Å². The van der Waals surface area contributed by atoms with Gasteiger partial charge in [-0.3, -0.25) is 0 Å². The summed E-state index contributed by atoms with van der Waals surface area (Å²) < 4.78 is 40.5. The van der Waals surface area contributed by atoms with Crippen molar-refractivity contribution in [2.75, 3.05) is 14.2 Å². The van der Waals surface area contributed by atoms with Crippen LogP contribution < -0.4 is 19.0 Å². The van der Waals surface area contributed by atoms with Crippen molar-refractivity contribution < 1.29 is 27.4 Å². The Labute approximate surface area is 180 Å². The van der Waals surface area contributed by atoms with Gasteiger partial charge < -0.3 is 14.2 Å². The summed E-state index contributed by atoms with van der Waals surface area (Å²) >= 11 is 0. The number of carbonyl (C=O) groups excluding carboxylic acids is 1. The molecule has 31 heavy (non-hydrogen) atoms. The summed E-state index contributed by atoms with van der Waals surface area (Å²) in [5.41, 5.74) is 1.04. The second-order valence-corrected chi connectivity index (χ2v) is 7.82. The van der Waals surface area contributed by atoms with E-state index in [1.165, 1.54) is 38.6 Å². The van der Waals surface area contributed by atoms with Crippen molar-refractivity contribution in [1.29, 1.82) is 0 Å². The molecule has 0 atom stereocenters. The van der Waals surface area contributed by atoms with E-state index in [1.54, 1.807) is 48.5 Å². The van der Waals surface area contributed by atoms with Crippen LogP contribution in [0.3, 0.4) is 0 Å². The summed E-state index contributed by atoms with van der Waals surface area (Å²) in [4.78, 5) is 14.1. The molecule has 0 aliphatic rings. The number of nitrogens with zero attached hydrogens (tertiary/aromatic N) is 1. The maximum Gasteiger partial charge on any atom is 0.343 e. The fraction of sp³-hybridized carbons (Fsp3) is 0.0909. The standard InChI is InChI=1S/C22H20N2O6S/c1-28-19-12-13-21(20(14-19)29-2)31(26,27)24-23-15-16-8-10-18(11-9-16)30-22(25)17-6-4-3-5-7-17/h3-15,24H,1-2H3/b23-15-. The molecule has 0 unspecified atom stereocenters. The molecule has 3 aromatic rings. The van der Waals surface area contributed by atoms with Crippen LogP contribution in [0.5, 0.6) is 17.2 Å². The Morgan fingerprint density at radius 1 is 0.903 bits per heavy atom. The molecule has 0 spiro atoms. The van der Waals surface area contributed by atoms with Crippen LogP contribution in [-0.2, 0) is 10.0 Å². The second-order valence-electron chi connectivity index (χ2n) is 6.19. The van der Waals surface area contributed by atoms with Gasteiger partial charge in [-0.15, -0.1) is 0 Å². The first kappa shape index (κ1) is 21.8. The zero-order valence-corrected chi connectivity index (χ0v) is 17.6. The number of ether oxygens (including phenoxy) is 3. The lowest BCUT2D eigenvalue weighted by Crippen LogP contribution is -2.19. The highest BCUT2D eigenvalue weighted by Gasteiger charge is 2.19. The number of hydrazone groups is 1. The van der Waals surface area contributed by atoms with Gasteiger partial charge in [-0.2, -0.15) is 18.4 Å². The van der Waals surface area contributed by atoms with E-state index < -0.39 is 16.0 Å². The molecule has 0 radical (unpaired) electrons. The van der Waals surface area contributed by atoms with Crippen molar-refractivity contribution in [3.63, 3.8) is 0 Å². The molecular formula is C22H20N2O6S. The molecule has 0 aliphatic carbocycles. The minimum Gasteiger partial charge on any atom is -0.497 e. The van der Waals surface area contributed by atoms with E-state index in [9.17, 15) is 13.2 Å². The van der Waals surface area contributed by atoms with Crippen LogP contribution in [0.25, 0.3) is 0 Å². The third-order valence-electron chi connectivity index (χ3n) is 4.15. The minimum absolute atomic E-state index is 0.0730. The summed E-state index contributed by atoms with van der Waals surface area (Å²) in [6, 6.07) is 19.4. The van der Waals surface area contributed by atoms with Crippen molar-refractivity contribution in [1.82, 2.24) is 4.83 Å². The Balaban J connectivity index is 1.65. The van der Waals surface area contributed by atoms with Gasteiger partial charge in [0.2, 0.25) is 0 Å². The Kier molecular flexibility index (Phi) is 6.88. The van der Waals surface area contributed by atoms with Crippen molar-refractivity contribution in [3.05, 3.63) is 83.9 Å². The normalized spacial score (nSPS) is 11.2. The van der Waals surface area contributed by atoms with Gasteiger partial charge in [0.1, 0.15) is 22.1 Å². The summed E-state index contributed by atoms with van der Waals surface area (Å²) in [6.45, 7) is 0. The number of sulfonamides is 1. The van der Waals surface area contributed by atoms with E-state index in [1.807, 2.05) is 6.07 Å². The summed E-state index contributed by atoms with van der Waals surface area (Å²) in [5, 5.41) is 3.79. The Morgan fingerprint density at radius 2 is 1.58 bits per heavy atom. The minimum atomic E-state index is -3.95. The molecule has 3 aromatic carbocycles. The molecule has 3 rings (SSSR count). The van der Waals surface area contributed by atoms with Crippen LogP contribution in [0.1, 0.15) is 15.9 Å². The van der Waals surface area contributed by atoms with Gasteiger partial charge in [-0.05, 0) is 54.1 Å². The highest BCUT2D eigenvalue weighted by atomic mass is 32.2. The molecule has 0 aromatic heterocycles. The maximum absolute atomic E-state index is 12.5. The molecule has 0 saturated heterocycles. The lowest BCUT2D eigenvalue weighted by atomic mass is 10.2. The topological polar surface area (TPSA) is 103 Å². The van der Waals surface area contributed by atoms with Crippen LogP contribution in [-0.4, -0.2) is 34.8 Å². The first-order chi connectivity index (χ1) is 14.9. The van der Waals surface area contributed by atoms with E-state index >= 15 is 0 Å². The summed E-state index contributed by atoms with van der Waals surface area (Å²) in [7, 11) is -1.11. The van der Waals surface area contributed by atoms with E-state index in [2.05, 4.69) is 9.93 Å². The Hall–Kier alpha value is -3.85. The lowest BCUT2D eigenvalue weighted by molar-refractivity contribution is 0.0734. The zero-order valence-electron chi connectivity index (χ0n) is 16.8. The summed E-state index contributed by atoms with van der Waals surface area (Å²) in [6.07, 6.45) is 1.33. The van der Waals surface area contributed by atoms with E-state index in [-0.39, 0.29) is 10.6 Å². The lowest BCUT2D eigenvalue weighted by Gasteiger charge is -2.10. The van der Waals surface area contributed by atoms with Crippen molar-refractivity contribution in [2.24, 2.45) is 5.10 Å². The quantitative estimate of drug-likeness (QED) is 0.250. The average Bonchev–Trinajstić information content (AvgIpc) is 2.80. The first-order valence-electron chi connectivity index (χ1n) is 9.07. The SMILES string of the molecule is COc1ccc(S(=O)(=O)N/N=C\c2ccc(OC(=O)c3ccccc3)cc2)c(OC)c1. The number of methoxy groups -OCH3 is 2. The van der Waals surface area contributed by atoms with Crippen molar-refractivity contribution in [3.8, 4) is 17.2 Å². The third-order valence-corrected chi connectivity index (χ3v) is 5.41. The fourth-order valence-corrected chi connectivity index (χ4v) is 3.52. The zero-order chi connectivity index (χ0) is 22.3. The second kappa shape index (κ2) is 9.77. The third kappa shape index (κ3) is 5.61. The maximum atomic E-state index is 12.5. The number of carbonyl (C=O) groups is 1. The van der Waals surface area contributed by atoms with Crippen LogP contribution in [0.15, 0.2) is 82.8 Å². The van der Waals surface area contributed by atoms with Gasteiger partial charge in [-0.1, -0.05) is 18.2 Å². The number of rotatable bonds is 8. The Morgan fingerprint density at radius 3 is 2.23 bits per heavy atom. The van der Waals surface area contributed by atoms with Gasteiger partial charge in [0.05, 0.1) is 26.0 Å². The van der Waals surface area contributed by atoms with Gasteiger partial charge in [0, 0.05) is 6.07 Å². The first-order valence-corrected chi connectivity index (χ1v) is 10.6. The predicted molar refractivity (Wildman–Crippen MR) is 115 cm³/mol. The molecule has 0 aliphatic heterocycles. The molecule has 0 fully saturated rings. The van der Waals surface area contributed by atoms with Crippen LogP contribution in [0.4, 0.5) is 0 Å². The van der Waals surface area contributed by atoms with Gasteiger partial charge in [0.25, 0.3) is 10.0 Å². The Bertz CT molecular complexity index is 1180. The monoisotopic (exact) mass is 440 g/mol. The van der Waals surface area contributed by atoms with E-state index in [0.29, 0.717) is 22.6 Å². The molecule has 0 bridgehead atoms. The molecule has 8 nitrogen and oxygen atoms in total. The highest BCUT2D eigenvalue weighted by molar-refractivity contribution is 7.89. The van der Waals surface area contributed by atoms with Gasteiger partial charge in [-0.25, -0.2) is 4.79 Å². The van der Waals surface area contributed by atoms with E-state index in [0.717, 1.165) is 0 Å². The fourth-order valence-electron chi connectivity index (χ4n) is 2.58. The van der Waals surface area contributed by atoms with Gasteiger partial charge in [0.15, 0.2) is 0 Å². The molecule has 160 valence electrons. The predicted octanol–water partition coefficient (Wildman–Crippen LogP) is 3.24. The van der Waals surface area contributed by atoms with Crippen molar-refractivity contribution >= 4 is 22.2 Å². The highest BCUT2D eigenvalue weighted by Crippen LogP contribution is 2.28. The number of hydrogen-bond donors (Lipinski definition) is 1. The largest absolute Gasteiger partial charge is 0.497 e. The molecule has 0 amide bonds. The average molecular weight is 440 g/mol. The number of nitrogens with one attached hydrogen (secondary N) is 1. The van der Waals surface area contributed by atoms with E-state index in [4.69, 9.17) is 14.2 Å². The molecule has 1 N–H and O–H groups in total. The number of benzene rings is 3. The molecule has 9 heteroatoms.